The first kappa shape index (κ1) is 20.1. The summed E-state index contributed by atoms with van der Waals surface area (Å²) in [6, 6.07) is 0. The SMILES string of the molecule is CCCCCCCCCCCCOC(=O)CSc1nccn1C. The van der Waals surface area contributed by atoms with Gasteiger partial charge in [0, 0.05) is 19.4 Å². The molecule has 0 saturated heterocycles. The number of carbonyl (C=O) groups is 1. The normalized spacial score (nSPS) is 10.9. The summed E-state index contributed by atoms with van der Waals surface area (Å²) in [5, 5.41) is 0.848. The first-order valence-corrected chi connectivity index (χ1v) is 9.98. The molecule has 0 aliphatic rings. The molecule has 0 aliphatic heterocycles. The van der Waals surface area contributed by atoms with Crippen molar-refractivity contribution in [2.45, 2.75) is 76.3 Å². The number of aromatic nitrogens is 2. The van der Waals surface area contributed by atoms with Gasteiger partial charge in [0.1, 0.15) is 0 Å². The predicted molar refractivity (Wildman–Crippen MR) is 96.7 cm³/mol. The van der Waals surface area contributed by atoms with Gasteiger partial charge < -0.3 is 9.30 Å². The van der Waals surface area contributed by atoms with E-state index < -0.39 is 0 Å². The fourth-order valence-electron chi connectivity index (χ4n) is 2.43. The van der Waals surface area contributed by atoms with Crippen molar-refractivity contribution in [3.8, 4) is 0 Å². The molecule has 0 bridgehead atoms. The molecule has 1 heterocycles. The van der Waals surface area contributed by atoms with E-state index in [2.05, 4.69) is 11.9 Å². The zero-order valence-corrected chi connectivity index (χ0v) is 15.6. The van der Waals surface area contributed by atoms with E-state index in [1.165, 1.54) is 63.1 Å². The number of carbonyl (C=O) groups excluding carboxylic acids is 1. The van der Waals surface area contributed by atoms with Gasteiger partial charge in [0.15, 0.2) is 5.16 Å². The van der Waals surface area contributed by atoms with E-state index in [4.69, 9.17) is 4.74 Å². The minimum Gasteiger partial charge on any atom is -0.465 e. The van der Waals surface area contributed by atoms with Crippen molar-refractivity contribution >= 4 is 17.7 Å². The van der Waals surface area contributed by atoms with Gasteiger partial charge in [-0.3, -0.25) is 4.79 Å². The molecular formula is C18H32N2O2S. The number of hydrogen-bond acceptors (Lipinski definition) is 4. The minimum atomic E-state index is -0.145. The molecule has 0 aromatic carbocycles. The van der Waals surface area contributed by atoms with Crippen LogP contribution in [0.2, 0.25) is 0 Å². The molecule has 5 heteroatoms. The highest BCUT2D eigenvalue weighted by atomic mass is 32.2. The van der Waals surface area contributed by atoms with Gasteiger partial charge in [-0.25, -0.2) is 4.98 Å². The highest BCUT2D eigenvalue weighted by molar-refractivity contribution is 7.99. The Labute approximate surface area is 145 Å². The van der Waals surface area contributed by atoms with E-state index in [9.17, 15) is 4.79 Å². The Morgan fingerprint density at radius 2 is 1.70 bits per heavy atom. The Hall–Kier alpha value is -0.970. The third-order valence-corrected chi connectivity index (χ3v) is 4.89. The van der Waals surface area contributed by atoms with Gasteiger partial charge in [-0.05, 0) is 6.42 Å². The number of imidazole rings is 1. The van der Waals surface area contributed by atoms with Crippen LogP contribution >= 0.6 is 11.8 Å². The molecule has 132 valence electrons. The highest BCUT2D eigenvalue weighted by Crippen LogP contribution is 2.14. The fourth-order valence-corrected chi connectivity index (χ4v) is 3.16. The van der Waals surface area contributed by atoms with Gasteiger partial charge in [0.05, 0.1) is 12.4 Å². The Morgan fingerprint density at radius 1 is 1.09 bits per heavy atom. The fraction of sp³-hybridized carbons (Fsp3) is 0.778. The second-order valence-electron chi connectivity index (χ2n) is 6.01. The summed E-state index contributed by atoms with van der Waals surface area (Å²) in [6.07, 6.45) is 16.5. The Morgan fingerprint density at radius 3 is 2.26 bits per heavy atom. The molecule has 23 heavy (non-hydrogen) atoms. The van der Waals surface area contributed by atoms with Crippen molar-refractivity contribution in [1.82, 2.24) is 9.55 Å². The van der Waals surface area contributed by atoms with Crippen molar-refractivity contribution in [1.29, 1.82) is 0 Å². The molecule has 0 radical (unpaired) electrons. The van der Waals surface area contributed by atoms with Gasteiger partial charge in [-0.1, -0.05) is 76.5 Å². The van der Waals surface area contributed by atoms with E-state index in [1.807, 2.05) is 17.8 Å². The molecule has 0 atom stereocenters. The standard InChI is InChI=1S/C18H32N2O2S/c1-3-4-5-6-7-8-9-10-11-12-15-22-17(21)16-23-18-19-13-14-20(18)2/h13-14H,3-12,15-16H2,1-2H3. The molecule has 0 aliphatic carbocycles. The average molecular weight is 341 g/mol. The Bertz CT molecular complexity index is 421. The Balaban J connectivity index is 1.85. The molecule has 1 aromatic heterocycles. The van der Waals surface area contributed by atoms with Crippen molar-refractivity contribution < 1.29 is 9.53 Å². The summed E-state index contributed by atoms with van der Waals surface area (Å²) >= 11 is 1.42. The largest absolute Gasteiger partial charge is 0.465 e. The molecule has 0 fully saturated rings. The predicted octanol–water partition coefficient (Wildman–Crippen LogP) is 4.98. The summed E-state index contributed by atoms with van der Waals surface area (Å²) in [5.41, 5.74) is 0. The minimum absolute atomic E-state index is 0.145. The molecule has 0 unspecified atom stereocenters. The van der Waals surface area contributed by atoms with Crippen molar-refractivity contribution in [3.63, 3.8) is 0 Å². The topological polar surface area (TPSA) is 44.1 Å². The summed E-state index contributed by atoms with van der Waals surface area (Å²) in [4.78, 5) is 15.8. The Kier molecular flexibility index (Phi) is 11.8. The maximum Gasteiger partial charge on any atom is 0.316 e. The van der Waals surface area contributed by atoms with Crippen LogP contribution < -0.4 is 0 Å². The first-order chi connectivity index (χ1) is 11.2. The molecule has 4 nitrogen and oxygen atoms in total. The van der Waals surface area contributed by atoms with Crippen LogP contribution in [0.4, 0.5) is 0 Å². The second kappa shape index (κ2) is 13.5. The maximum atomic E-state index is 11.6. The zero-order chi connectivity index (χ0) is 16.8. The highest BCUT2D eigenvalue weighted by Gasteiger charge is 2.06. The van der Waals surface area contributed by atoms with Crippen LogP contribution in [0.3, 0.4) is 0 Å². The third-order valence-electron chi connectivity index (χ3n) is 3.86. The maximum absolute atomic E-state index is 11.6. The number of aryl methyl sites for hydroxylation is 1. The number of nitrogens with zero attached hydrogens (tertiary/aromatic N) is 2. The van der Waals surface area contributed by atoms with Crippen molar-refractivity contribution in [3.05, 3.63) is 12.4 Å². The van der Waals surface area contributed by atoms with Crippen LogP contribution in [0.5, 0.6) is 0 Å². The summed E-state index contributed by atoms with van der Waals surface area (Å²) in [6.45, 7) is 2.81. The molecule has 1 rings (SSSR count). The number of ether oxygens (including phenoxy) is 1. The zero-order valence-electron chi connectivity index (χ0n) is 14.8. The second-order valence-corrected chi connectivity index (χ2v) is 6.95. The van der Waals surface area contributed by atoms with Gasteiger partial charge in [-0.2, -0.15) is 0 Å². The third kappa shape index (κ3) is 10.4. The summed E-state index contributed by atoms with van der Waals surface area (Å²) < 4.78 is 7.16. The van der Waals surface area contributed by atoms with Crippen LogP contribution in [-0.2, 0) is 16.6 Å². The number of rotatable bonds is 14. The van der Waals surface area contributed by atoms with Crippen LogP contribution in [0.15, 0.2) is 17.6 Å². The van der Waals surface area contributed by atoms with Crippen molar-refractivity contribution in [2.75, 3.05) is 12.4 Å². The average Bonchev–Trinajstić information content (AvgIpc) is 2.96. The van der Waals surface area contributed by atoms with E-state index in [0.29, 0.717) is 12.4 Å². The lowest BCUT2D eigenvalue weighted by atomic mass is 10.1. The number of unbranched alkanes of at least 4 members (excludes halogenated alkanes) is 9. The molecule has 0 saturated carbocycles. The van der Waals surface area contributed by atoms with E-state index in [0.717, 1.165) is 18.0 Å². The lowest BCUT2D eigenvalue weighted by molar-refractivity contribution is -0.140. The van der Waals surface area contributed by atoms with Gasteiger partial charge in [-0.15, -0.1) is 0 Å². The van der Waals surface area contributed by atoms with Gasteiger partial charge in [0.2, 0.25) is 0 Å². The summed E-state index contributed by atoms with van der Waals surface area (Å²) in [7, 11) is 1.92. The number of esters is 1. The molecule has 0 N–H and O–H groups in total. The van der Waals surface area contributed by atoms with Crippen LogP contribution in [0.1, 0.15) is 71.1 Å². The van der Waals surface area contributed by atoms with Crippen LogP contribution in [0, 0.1) is 0 Å². The smallest absolute Gasteiger partial charge is 0.316 e. The number of thioether (sulfide) groups is 1. The van der Waals surface area contributed by atoms with Crippen LogP contribution in [-0.4, -0.2) is 27.9 Å². The quantitative estimate of drug-likeness (QED) is 0.272. The number of hydrogen-bond donors (Lipinski definition) is 0. The van der Waals surface area contributed by atoms with Crippen LogP contribution in [0.25, 0.3) is 0 Å². The first-order valence-electron chi connectivity index (χ1n) is 8.99. The molecule has 1 aromatic rings. The van der Waals surface area contributed by atoms with E-state index in [1.54, 1.807) is 6.20 Å². The summed E-state index contributed by atoms with van der Waals surface area (Å²) in [5.74, 6) is 0.191. The molecule has 0 spiro atoms. The molecular weight excluding hydrogens is 308 g/mol. The van der Waals surface area contributed by atoms with E-state index in [-0.39, 0.29) is 5.97 Å². The lowest BCUT2D eigenvalue weighted by Crippen LogP contribution is -2.09. The lowest BCUT2D eigenvalue weighted by Gasteiger charge is -2.05. The van der Waals surface area contributed by atoms with E-state index >= 15 is 0 Å². The monoisotopic (exact) mass is 340 g/mol. The van der Waals surface area contributed by atoms with Gasteiger partial charge in [0.25, 0.3) is 0 Å². The van der Waals surface area contributed by atoms with Crippen molar-refractivity contribution in [2.24, 2.45) is 7.05 Å². The van der Waals surface area contributed by atoms with Gasteiger partial charge >= 0.3 is 5.97 Å². The molecule has 0 amide bonds.